The number of hydrogen-bond acceptors (Lipinski definition) is 3. The number of piperidine rings is 1. The molecule has 4 rings (SSSR count). The Hall–Kier alpha value is -2.37. The van der Waals surface area contributed by atoms with Gasteiger partial charge in [0.25, 0.3) is 0 Å². The highest BCUT2D eigenvalue weighted by molar-refractivity contribution is 6.30. The van der Waals surface area contributed by atoms with Crippen LogP contribution in [-0.2, 0) is 0 Å². The van der Waals surface area contributed by atoms with E-state index in [9.17, 15) is 4.79 Å². The van der Waals surface area contributed by atoms with Crippen molar-refractivity contribution in [3.8, 4) is 0 Å². The Balaban J connectivity index is 1.63. The van der Waals surface area contributed by atoms with Gasteiger partial charge in [0.15, 0.2) is 0 Å². The lowest BCUT2D eigenvalue weighted by Crippen LogP contribution is -2.50. The molecule has 2 amide bonds. The fourth-order valence-corrected chi connectivity index (χ4v) is 4.14. The van der Waals surface area contributed by atoms with Crippen LogP contribution in [0.25, 0.3) is 0 Å². The number of nitrogens with one attached hydrogen (secondary N) is 1. The molecule has 2 aromatic rings. The number of amides is 2. The molecular weight excluding hydrogens is 372 g/mol. The van der Waals surface area contributed by atoms with Gasteiger partial charge < -0.3 is 0 Å². The van der Waals surface area contributed by atoms with Crippen LogP contribution in [0.2, 0.25) is 5.02 Å². The summed E-state index contributed by atoms with van der Waals surface area (Å²) in [5.74, 6) is 0.00878. The number of benzene rings is 2. The molecule has 6 heteroatoms. The minimum Gasteiger partial charge on any atom is -0.269 e. The van der Waals surface area contributed by atoms with E-state index in [2.05, 4.69) is 24.5 Å². The van der Waals surface area contributed by atoms with Crippen LogP contribution in [0.1, 0.15) is 43.2 Å². The highest BCUT2D eigenvalue weighted by Gasteiger charge is 2.39. The third-order valence-electron chi connectivity index (χ3n) is 5.49. The predicted octanol–water partition coefficient (Wildman–Crippen LogP) is 4.64. The Bertz CT molecular complexity index is 847. The highest BCUT2D eigenvalue weighted by atomic mass is 35.5. The van der Waals surface area contributed by atoms with Crippen molar-refractivity contribution in [1.29, 1.82) is 0 Å². The van der Waals surface area contributed by atoms with Gasteiger partial charge in [0.1, 0.15) is 0 Å². The number of hydrogen-bond donors (Lipinski definition) is 1. The Labute approximate surface area is 170 Å². The second kappa shape index (κ2) is 8.33. The van der Waals surface area contributed by atoms with E-state index < -0.39 is 0 Å². The van der Waals surface area contributed by atoms with Gasteiger partial charge in [0.2, 0.25) is 0 Å². The quantitative estimate of drug-likeness (QED) is 0.821. The first-order valence-corrected chi connectivity index (χ1v) is 10.3. The molecule has 0 radical (unpaired) electrons. The maximum Gasteiger partial charge on any atom is 0.352 e. The van der Waals surface area contributed by atoms with Crippen LogP contribution < -0.4 is 5.43 Å². The maximum atomic E-state index is 13.0. The number of carbonyl (C=O) groups is 1. The van der Waals surface area contributed by atoms with Crippen molar-refractivity contribution in [3.05, 3.63) is 70.7 Å². The van der Waals surface area contributed by atoms with Gasteiger partial charge in [-0.05, 0) is 43.0 Å². The Morgan fingerprint density at radius 3 is 2.39 bits per heavy atom. The predicted molar refractivity (Wildman–Crippen MR) is 112 cm³/mol. The molecule has 0 aromatic heterocycles. The van der Waals surface area contributed by atoms with Crippen LogP contribution in [-0.4, -0.2) is 40.9 Å². The third-order valence-corrected chi connectivity index (χ3v) is 5.75. The average molecular weight is 397 g/mol. The lowest BCUT2D eigenvalue weighted by atomic mass is 9.86. The molecule has 2 heterocycles. The van der Waals surface area contributed by atoms with E-state index >= 15 is 0 Å². The molecule has 0 aliphatic carbocycles. The van der Waals surface area contributed by atoms with Crippen LogP contribution in [0.3, 0.4) is 0 Å². The first-order valence-electron chi connectivity index (χ1n) is 9.87. The molecule has 1 fully saturated rings. The molecule has 2 aliphatic rings. The summed E-state index contributed by atoms with van der Waals surface area (Å²) in [4.78, 5) is 13.0. The molecule has 0 bridgehead atoms. The molecular formula is C22H25ClN4O. The smallest absolute Gasteiger partial charge is 0.269 e. The zero-order valence-corrected chi connectivity index (χ0v) is 16.8. The van der Waals surface area contributed by atoms with Gasteiger partial charge in [-0.2, -0.15) is 5.10 Å². The van der Waals surface area contributed by atoms with Gasteiger partial charge in [-0.15, -0.1) is 0 Å². The Morgan fingerprint density at radius 2 is 1.71 bits per heavy atom. The molecule has 1 N–H and O–H groups in total. The summed E-state index contributed by atoms with van der Waals surface area (Å²) < 4.78 is 0. The Kier molecular flexibility index (Phi) is 5.64. The summed E-state index contributed by atoms with van der Waals surface area (Å²) in [6, 6.07) is 17.7. The number of urea groups is 1. The zero-order valence-electron chi connectivity index (χ0n) is 16.0. The Morgan fingerprint density at radius 1 is 1.04 bits per heavy atom. The van der Waals surface area contributed by atoms with Gasteiger partial charge in [-0.25, -0.2) is 14.8 Å². The van der Waals surface area contributed by atoms with Crippen molar-refractivity contribution in [3.63, 3.8) is 0 Å². The topological polar surface area (TPSA) is 47.9 Å². The van der Waals surface area contributed by atoms with Crippen LogP contribution in [0, 0.1) is 0 Å². The first kappa shape index (κ1) is 19.0. The standard InChI is InChI=1S/C22H25ClN4O/c1-16-20(17-8-4-2-5-9-17)21(18-10-12-19(23)13-11-18)24-27(16)22(28)25-26-14-6-3-7-15-26/h2,4-5,8-13,16,20H,3,6-7,14-15H2,1H3,(H,25,28)/t16-,20+/m1/s1. The molecule has 0 saturated carbocycles. The summed E-state index contributed by atoms with van der Waals surface area (Å²) in [5.41, 5.74) is 6.06. The van der Waals surface area contributed by atoms with Gasteiger partial charge in [-0.1, -0.05) is 60.5 Å². The van der Waals surface area contributed by atoms with E-state index in [0.29, 0.717) is 5.02 Å². The van der Waals surface area contributed by atoms with E-state index in [1.54, 1.807) is 5.01 Å². The van der Waals surface area contributed by atoms with Gasteiger partial charge in [0.05, 0.1) is 17.7 Å². The molecule has 2 aromatic carbocycles. The van der Waals surface area contributed by atoms with Crippen molar-refractivity contribution in [2.45, 2.75) is 38.1 Å². The van der Waals surface area contributed by atoms with Crippen molar-refractivity contribution in [2.75, 3.05) is 13.1 Å². The molecule has 2 atom stereocenters. The fourth-order valence-electron chi connectivity index (χ4n) is 4.02. The van der Waals surface area contributed by atoms with Crippen LogP contribution in [0.5, 0.6) is 0 Å². The molecule has 1 saturated heterocycles. The number of rotatable bonds is 3. The lowest BCUT2D eigenvalue weighted by Gasteiger charge is -2.30. The van der Waals surface area contributed by atoms with E-state index in [1.807, 2.05) is 47.5 Å². The summed E-state index contributed by atoms with van der Waals surface area (Å²) in [7, 11) is 0. The second-order valence-electron chi connectivity index (χ2n) is 7.43. The number of nitrogens with zero attached hydrogens (tertiary/aromatic N) is 3. The maximum absolute atomic E-state index is 13.0. The third kappa shape index (κ3) is 3.91. The van der Waals surface area contributed by atoms with Gasteiger partial charge in [0, 0.05) is 18.1 Å². The van der Waals surface area contributed by atoms with E-state index in [4.69, 9.17) is 16.7 Å². The van der Waals surface area contributed by atoms with Crippen LogP contribution >= 0.6 is 11.6 Å². The lowest BCUT2D eigenvalue weighted by molar-refractivity contribution is 0.124. The number of hydrazone groups is 1. The van der Waals surface area contributed by atoms with E-state index in [-0.39, 0.29) is 18.0 Å². The molecule has 2 aliphatic heterocycles. The second-order valence-corrected chi connectivity index (χ2v) is 7.87. The van der Waals surface area contributed by atoms with E-state index in [1.165, 1.54) is 6.42 Å². The number of halogens is 1. The number of hydrazine groups is 1. The summed E-state index contributed by atoms with van der Waals surface area (Å²) in [6.07, 6.45) is 3.45. The van der Waals surface area contributed by atoms with Gasteiger partial charge >= 0.3 is 6.03 Å². The number of carbonyl (C=O) groups excluding carboxylic acids is 1. The monoisotopic (exact) mass is 396 g/mol. The minimum atomic E-state index is -0.167. The molecule has 0 unspecified atom stereocenters. The zero-order chi connectivity index (χ0) is 19.5. The van der Waals surface area contributed by atoms with Crippen LogP contribution in [0.15, 0.2) is 59.7 Å². The normalized spacial score (nSPS) is 22.8. The summed E-state index contributed by atoms with van der Waals surface area (Å²) >= 11 is 6.07. The largest absolute Gasteiger partial charge is 0.352 e. The molecule has 28 heavy (non-hydrogen) atoms. The van der Waals surface area contributed by atoms with E-state index in [0.717, 1.165) is 42.8 Å². The molecule has 0 spiro atoms. The first-order chi connectivity index (χ1) is 13.6. The van der Waals surface area contributed by atoms with Crippen molar-refractivity contribution in [2.24, 2.45) is 5.10 Å². The SMILES string of the molecule is C[C@@H]1[C@@H](c2ccccc2)C(c2ccc(Cl)cc2)=NN1C(=O)NN1CCCCC1. The van der Waals surface area contributed by atoms with Crippen molar-refractivity contribution >= 4 is 23.3 Å². The summed E-state index contributed by atoms with van der Waals surface area (Å²) in [6.45, 7) is 3.84. The highest BCUT2D eigenvalue weighted by Crippen LogP contribution is 2.34. The molecule has 5 nitrogen and oxygen atoms in total. The average Bonchev–Trinajstić information content (AvgIpc) is 3.07. The van der Waals surface area contributed by atoms with Crippen LogP contribution in [0.4, 0.5) is 4.79 Å². The molecule has 146 valence electrons. The van der Waals surface area contributed by atoms with Gasteiger partial charge in [-0.3, -0.25) is 5.43 Å². The van der Waals surface area contributed by atoms with Crippen molar-refractivity contribution < 1.29 is 4.79 Å². The fraction of sp³-hybridized carbons (Fsp3) is 0.364. The summed E-state index contributed by atoms with van der Waals surface area (Å²) in [5, 5.41) is 9.05. The minimum absolute atomic E-state index is 0.00878. The van der Waals surface area contributed by atoms with Crippen molar-refractivity contribution in [1.82, 2.24) is 15.4 Å².